The molecule has 0 amide bonds. The molecule has 96 valence electrons. The lowest BCUT2D eigenvalue weighted by Crippen LogP contribution is -2.31. The number of nitrogens with zero attached hydrogens (tertiary/aromatic N) is 2. The fraction of sp³-hybridized carbons (Fsp3) is 0.643. The van der Waals surface area contributed by atoms with Gasteiger partial charge >= 0.3 is 0 Å². The van der Waals surface area contributed by atoms with E-state index in [9.17, 15) is 0 Å². The normalized spacial score (nSPS) is 10.9. The van der Waals surface area contributed by atoms with E-state index in [4.69, 9.17) is 11.6 Å². The first kappa shape index (κ1) is 14.3. The monoisotopic (exact) mass is 254 g/mol. The van der Waals surface area contributed by atoms with Crippen LogP contribution in [0.2, 0.25) is 0 Å². The molecule has 0 unspecified atom stereocenters. The summed E-state index contributed by atoms with van der Waals surface area (Å²) < 4.78 is 0. The van der Waals surface area contributed by atoms with Crippen LogP contribution in [0, 0.1) is 0 Å². The minimum Gasteiger partial charge on any atom is -0.369 e. The van der Waals surface area contributed by atoms with Crippen molar-refractivity contribution >= 4 is 17.3 Å². The van der Waals surface area contributed by atoms with Crippen molar-refractivity contribution in [3.63, 3.8) is 0 Å². The minimum absolute atomic E-state index is 0.481. The van der Waals surface area contributed by atoms with E-state index in [1.54, 1.807) is 0 Å². The molecule has 0 N–H and O–H groups in total. The third-order valence-electron chi connectivity index (χ3n) is 2.89. The third kappa shape index (κ3) is 4.55. The zero-order valence-electron chi connectivity index (χ0n) is 11.1. The van der Waals surface area contributed by atoms with Gasteiger partial charge in [-0.15, -0.1) is 11.6 Å². The molecule has 0 aliphatic carbocycles. The third-order valence-corrected chi connectivity index (χ3v) is 3.17. The highest BCUT2D eigenvalue weighted by atomic mass is 35.5. The second kappa shape index (κ2) is 7.54. The van der Waals surface area contributed by atoms with Crippen molar-refractivity contribution < 1.29 is 0 Å². The minimum atomic E-state index is 0.481. The molecule has 0 atom stereocenters. The smallest absolute Gasteiger partial charge is 0.0648 e. The first-order valence-electron chi connectivity index (χ1n) is 6.46. The van der Waals surface area contributed by atoms with Crippen LogP contribution in [0.4, 0.5) is 5.69 Å². The lowest BCUT2D eigenvalue weighted by atomic mass is 10.2. The van der Waals surface area contributed by atoms with Crippen molar-refractivity contribution in [1.29, 1.82) is 0 Å². The van der Waals surface area contributed by atoms with Gasteiger partial charge in [0.1, 0.15) is 0 Å². The number of pyridine rings is 1. The number of aromatic nitrogens is 1. The van der Waals surface area contributed by atoms with E-state index in [0.29, 0.717) is 11.9 Å². The lowest BCUT2D eigenvalue weighted by Gasteiger charge is -2.29. The van der Waals surface area contributed by atoms with Crippen LogP contribution in [0.15, 0.2) is 18.3 Å². The molecule has 0 radical (unpaired) electrons. The molecule has 0 fully saturated rings. The summed E-state index contributed by atoms with van der Waals surface area (Å²) >= 11 is 5.83. The summed E-state index contributed by atoms with van der Waals surface area (Å²) in [4.78, 5) is 6.66. The molecule has 0 spiro atoms. The molecule has 0 saturated heterocycles. The first-order chi connectivity index (χ1) is 8.19. The number of alkyl halides is 1. The second-order valence-corrected chi connectivity index (χ2v) is 4.90. The van der Waals surface area contributed by atoms with E-state index in [0.717, 1.165) is 12.2 Å². The SMILES string of the molecule is CCCCCN(c1ccnc(CCl)c1)C(C)C. The molecular weight excluding hydrogens is 232 g/mol. The van der Waals surface area contributed by atoms with E-state index in [-0.39, 0.29) is 0 Å². The maximum atomic E-state index is 5.83. The highest BCUT2D eigenvalue weighted by molar-refractivity contribution is 6.16. The van der Waals surface area contributed by atoms with Crippen molar-refractivity contribution in [3.05, 3.63) is 24.0 Å². The van der Waals surface area contributed by atoms with E-state index >= 15 is 0 Å². The van der Waals surface area contributed by atoms with Gasteiger partial charge in [-0.25, -0.2) is 0 Å². The standard InChI is InChI=1S/C14H23ClN2/c1-4-5-6-9-17(12(2)3)14-7-8-16-13(10-14)11-15/h7-8,10,12H,4-6,9,11H2,1-3H3. The van der Waals surface area contributed by atoms with Crippen LogP contribution in [-0.2, 0) is 5.88 Å². The van der Waals surface area contributed by atoms with Gasteiger partial charge in [0.05, 0.1) is 11.6 Å². The van der Waals surface area contributed by atoms with Gasteiger partial charge in [0.2, 0.25) is 0 Å². The van der Waals surface area contributed by atoms with Crippen molar-refractivity contribution in [2.45, 2.75) is 52.0 Å². The second-order valence-electron chi connectivity index (χ2n) is 4.63. The van der Waals surface area contributed by atoms with Crippen LogP contribution in [0.3, 0.4) is 0 Å². The van der Waals surface area contributed by atoms with Crippen molar-refractivity contribution in [3.8, 4) is 0 Å². The molecule has 1 aromatic heterocycles. The van der Waals surface area contributed by atoms with Gasteiger partial charge in [-0.3, -0.25) is 4.98 Å². The maximum Gasteiger partial charge on any atom is 0.0648 e. The summed E-state index contributed by atoms with van der Waals surface area (Å²) in [5.41, 5.74) is 2.19. The fourth-order valence-corrected chi connectivity index (χ4v) is 2.08. The highest BCUT2D eigenvalue weighted by Crippen LogP contribution is 2.19. The predicted octanol–water partition coefficient (Wildman–Crippen LogP) is 4.23. The summed E-state index contributed by atoms with van der Waals surface area (Å²) in [5.74, 6) is 0.481. The summed E-state index contributed by atoms with van der Waals surface area (Å²) in [6.45, 7) is 7.80. The molecule has 0 saturated carbocycles. The van der Waals surface area contributed by atoms with Crippen LogP contribution in [0.25, 0.3) is 0 Å². The Morgan fingerprint density at radius 3 is 2.71 bits per heavy atom. The quantitative estimate of drug-likeness (QED) is 0.535. The van der Waals surface area contributed by atoms with Crippen LogP contribution in [0.1, 0.15) is 45.7 Å². The molecule has 0 aliphatic rings. The summed E-state index contributed by atoms with van der Waals surface area (Å²) in [7, 11) is 0. The van der Waals surface area contributed by atoms with Crippen molar-refractivity contribution in [1.82, 2.24) is 4.98 Å². The van der Waals surface area contributed by atoms with Gasteiger partial charge in [0.25, 0.3) is 0 Å². The maximum absolute atomic E-state index is 5.83. The lowest BCUT2D eigenvalue weighted by molar-refractivity contribution is 0.625. The van der Waals surface area contributed by atoms with Crippen LogP contribution in [-0.4, -0.2) is 17.6 Å². The summed E-state index contributed by atoms with van der Waals surface area (Å²) in [5, 5.41) is 0. The largest absolute Gasteiger partial charge is 0.369 e. The van der Waals surface area contributed by atoms with Crippen LogP contribution in [0.5, 0.6) is 0 Å². The van der Waals surface area contributed by atoms with E-state index in [1.807, 2.05) is 6.20 Å². The Morgan fingerprint density at radius 1 is 1.35 bits per heavy atom. The number of rotatable bonds is 7. The molecule has 3 heteroatoms. The van der Waals surface area contributed by atoms with E-state index in [2.05, 4.69) is 42.8 Å². The van der Waals surface area contributed by atoms with Gasteiger partial charge in [-0.1, -0.05) is 19.8 Å². The molecule has 2 nitrogen and oxygen atoms in total. The first-order valence-corrected chi connectivity index (χ1v) is 7.00. The highest BCUT2D eigenvalue weighted by Gasteiger charge is 2.10. The van der Waals surface area contributed by atoms with Gasteiger partial charge < -0.3 is 4.90 Å². The number of hydrogen-bond donors (Lipinski definition) is 0. The Kier molecular flexibility index (Phi) is 6.35. The van der Waals surface area contributed by atoms with E-state index in [1.165, 1.54) is 24.9 Å². The summed E-state index contributed by atoms with van der Waals surface area (Å²) in [6.07, 6.45) is 5.64. The van der Waals surface area contributed by atoms with E-state index < -0.39 is 0 Å². The number of hydrogen-bond acceptors (Lipinski definition) is 2. The molecule has 1 heterocycles. The number of anilines is 1. The molecule has 1 aromatic rings. The Morgan fingerprint density at radius 2 is 2.12 bits per heavy atom. The van der Waals surface area contributed by atoms with Gasteiger partial charge in [0.15, 0.2) is 0 Å². The molecule has 0 aromatic carbocycles. The van der Waals surface area contributed by atoms with Gasteiger partial charge in [0, 0.05) is 24.5 Å². The molecule has 0 aliphatic heterocycles. The average molecular weight is 255 g/mol. The molecule has 1 rings (SSSR count). The molecular formula is C14H23ClN2. The Bertz CT molecular complexity index is 326. The zero-order chi connectivity index (χ0) is 12.7. The van der Waals surface area contributed by atoms with Crippen LogP contribution >= 0.6 is 11.6 Å². The Labute approximate surface area is 110 Å². The fourth-order valence-electron chi connectivity index (χ4n) is 1.93. The average Bonchev–Trinajstić information content (AvgIpc) is 2.34. The van der Waals surface area contributed by atoms with Crippen molar-refractivity contribution in [2.75, 3.05) is 11.4 Å². The predicted molar refractivity (Wildman–Crippen MR) is 75.8 cm³/mol. The molecule has 17 heavy (non-hydrogen) atoms. The van der Waals surface area contributed by atoms with Gasteiger partial charge in [-0.05, 0) is 32.4 Å². The number of unbranched alkanes of at least 4 members (excludes halogenated alkanes) is 2. The Hall–Kier alpha value is -0.760. The topological polar surface area (TPSA) is 16.1 Å². The number of halogens is 1. The Balaban J connectivity index is 2.74. The van der Waals surface area contributed by atoms with Gasteiger partial charge in [-0.2, -0.15) is 0 Å². The van der Waals surface area contributed by atoms with Crippen LogP contribution < -0.4 is 4.90 Å². The van der Waals surface area contributed by atoms with Crippen molar-refractivity contribution in [2.24, 2.45) is 0 Å². The molecule has 0 bridgehead atoms. The summed E-state index contributed by atoms with van der Waals surface area (Å²) in [6, 6.07) is 4.68. The zero-order valence-corrected chi connectivity index (χ0v) is 11.9.